The van der Waals surface area contributed by atoms with Crippen molar-refractivity contribution in [3.8, 4) is 0 Å². The highest BCUT2D eigenvalue weighted by Crippen LogP contribution is 2.23. The molecule has 0 amide bonds. The first-order valence-corrected chi connectivity index (χ1v) is 6.25. The van der Waals surface area contributed by atoms with Gasteiger partial charge in [0.25, 0.3) is 0 Å². The Morgan fingerprint density at radius 1 is 1.50 bits per heavy atom. The second-order valence-corrected chi connectivity index (χ2v) is 4.27. The van der Waals surface area contributed by atoms with Gasteiger partial charge in [0, 0.05) is 12.1 Å². The molecule has 0 aliphatic heterocycles. The van der Waals surface area contributed by atoms with Gasteiger partial charge < -0.3 is 4.74 Å². The van der Waals surface area contributed by atoms with Gasteiger partial charge in [0.2, 0.25) is 5.82 Å². The number of allylic oxidation sites excluding steroid dienone is 1. The Kier molecular flexibility index (Phi) is 5.83. The van der Waals surface area contributed by atoms with Crippen LogP contribution in [0.5, 0.6) is 0 Å². The van der Waals surface area contributed by atoms with E-state index in [1.54, 1.807) is 6.92 Å². The molecular weight excluding hydrogens is 265 g/mol. The fourth-order valence-corrected chi connectivity index (χ4v) is 1.52. The Labute approximate surface area is 116 Å². The maximum Gasteiger partial charge on any atom is 0.331 e. The zero-order chi connectivity index (χ0) is 15.1. The van der Waals surface area contributed by atoms with Gasteiger partial charge in [0.05, 0.1) is 11.5 Å². The van der Waals surface area contributed by atoms with Gasteiger partial charge in [0.15, 0.2) is 0 Å². The molecule has 6 heteroatoms. The fourth-order valence-electron chi connectivity index (χ4n) is 1.52. The Hall–Kier alpha value is -2.24. The van der Waals surface area contributed by atoms with Crippen LogP contribution in [-0.2, 0) is 9.53 Å². The van der Waals surface area contributed by atoms with E-state index >= 15 is 0 Å². The third kappa shape index (κ3) is 4.46. The van der Waals surface area contributed by atoms with Crippen molar-refractivity contribution in [3.05, 3.63) is 45.8 Å². The summed E-state index contributed by atoms with van der Waals surface area (Å²) in [4.78, 5) is 21.3. The quantitative estimate of drug-likeness (QED) is 0.263. The number of ether oxygens (including phenoxy) is 1. The number of hydrogen-bond acceptors (Lipinski definition) is 4. The van der Waals surface area contributed by atoms with E-state index in [0.717, 1.165) is 25.0 Å². The van der Waals surface area contributed by atoms with Crippen LogP contribution in [0.3, 0.4) is 0 Å². The first kappa shape index (κ1) is 15.8. The van der Waals surface area contributed by atoms with E-state index in [0.29, 0.717) is 17.7 Å². The van der Waals surface area contributed by atoms with E-state index in [2.05, 4.69) is 0 Å². The SMILES string of the molecule is CCCCOC(=O)C=C(C)c1ccc(F)c([N+](=O)[O-])c1. The van der Waals surface area contributed by atoms with Crippen molar-refractivity contribution in [2.24, 2.45) is 0 Å². The average Bonchev–Trinajstić information content (AvgIpc) is 2.39. The summed E-state index contributed by atoms with van der Waals surface area (Å²) in [6.45, 7) is 3.92. The van der Waals surface area contributed by atoms with Crippen LogP contribution in [-0.4, -0.2) is 17.5 Å². The van der Waals surface area contributed by atoms with Crippen LogP contribution in [0, 0.1) is 15.9 Å². The van der Waals surface area contributed by atoms with E-state index in [1.807, 2.05) is 6.92 Å². The standard InChI is InChI=1S/C14H16FNO4/c1-3-4-7-20-14(17)8-10(2)11-5-6-12(15)13(9-11)16(18)19/h5-6,8-9H,3-4,7H2,1-2H3. The number of nitrogens with zero attached hydrogens (tertiary/aromatic N) is 1. The van der Waals surface area contributed by atoms with Crippen LogP contribution in [0.4, 0.5) is 10.1 Å². The van der Waals surface area contributed by atoms with Crippen LogP contribution in [0.15, 0.2) is 24.3 Å². The van der Waals surface area contributed by atoms with E-state index in [1.165, 1.54) is 12.1 Å². The molecule has 0 radical (unpaired) electrons. The minimum absolute atomic E-state index is 0.336. The summed E-state index contributed by atoms with van der Waals surface area (Å²) in [6.07, 6.45) is 2.94. The number of rotatable bonds is 6. The Morgan fingerprint density at radius 3 is 2.80 bits per heavy atom. The van der Waals surface area contributed by atoms with Gasteiger partial charge in [-0.05, 0) is 30.5 Å². The fraction of sp³-hybridized carbons (Fsp3) is 0.357. The summed E-state index contributed by atoms with van der Waals surface area (Å²) in [5, 5.41) is 10.6. The third-order valence-electron chi connectivity index (χ3n) is 2.67. The van der Waals surface area contributed by atoms with Crippen LogP contribution in [0.2, 0.25) is 0 Å². The lowest BCUT2D eigenvalue weighted by atomic mass is 10.1. The smallest absolute Gasteiger partial charge is 0.331 e. The molecule has 0 aliphatic rings. The van der Waals surface area contributed by atoms with Gasteiger partial charge in [-0.1, -0.05) is 19.4 Å². The van der Waals surface area contributed by atoms with Crippen LogP contribution < -0.4 is 0 Å². The summed E-state index contributed by atoms with van der Waals surface area (Å²) >= 11 is 0. The first-order valence-electron chi connectivity index (χ1n) is 6.25. The van der Waals surface area contributed by atoms with Crippen molar-refractivity contribution in [2.45, 2.75) is 26.7 Å². The molecule has 108 valence electrons. The van der Waals surface area contributed by atoms with Crippen LogP contribution >= 0.6 is 0 Å². The maximum atomic E-state index is 13.2. The number of unbranched alkanes of at least 4 members (excludes halogenated alkanes) is 1. The molecule has 0 spiro atoms. The molecule has 0 saturated heterocycles. The number of hydrogen-bond donors (Lipinski definition) is 0. The summed E-state index contributed by atoms with van der Waals surface area (Å²) < 4.78 is 18.2. The zero-order valence-corrected chi connectivity index (χ0v) is 11.4. The van der Waals surface area contributed by atoms with Crippen LogP contribution in [0.25, 0.3) is 5.57 Å². The van der Waals surface area contributed by atoms with Gasteiger partial charge in [-0.2, -0.15) is 4.39 Å². The van der Waals surface area contributed by atoms with E-state index in [-0.39, 0.29) is 0 Å². The summed E-state index contributed by atoms with van der Waals surface area (Å²) in [5.74, 6) is -1.42. The van der Waals surface area contributed by atoms with Gasteiger partial charge >= 0.3 is 11.7 Å². The highest BCUT2D eigenvalue weighted by molar-refractivity contribution is 5.91. The average molecular weight is 281 g/mol. The highest BCUT2D eigenvalue weighted by Gasteiger charge is 2.15. The number of esters is 1. The monoisotopic (exact) mass is 281 g/mol. The lowest BCUT2D eigenvalue weighted by Crippen LogP contribution is -2.03. The largest absolute Gasteiger partial charge is 0.463 e. The molecule has 0 aromatic heterocycles. The maximum absolute atomic E-state index is 13.2. The van der Waals surface area contributed by atoms with Crippen LogP contribution in [0.1, 0.15) is 32.3 Å². The Morgan fingerprint density at radius 2 is 2.20 bits per heavy atom. The third-order valence-corrected chi connectivity index (χ3v) is 2.67. The number of carbonyl (C=O) groups is 1. The summed E-state index contributed by atoms with van der Waals surface area (Å²) in [5.41, 5.74) is 0.273. The number of nitro groups is 1. The molecule has 0 N–H and O–H groups in total. The molecule has 20 heavy (non-hydrogen) atoms. The number of halogens is 1. The van der Waals surface area contributed by atoms with Crippen molar-refractivity contribution in [2.75, 3.05) is 6.61 Å². The van der Waals surface area contributed by atoms with Crippen molar-refractivity contribution in [3.63, 3.8) is 0 Å². The van der Waals surface area contributed by atoms with E-state index < -0.39 is 22.4 Å². The Bertz CT molecular complexity index is 540. The van der Waals surface area contributed by atoms with Crippen molar-refractivity contribution >= 4 is 17.2 Å². The molecule has 0 fully saturated rings. The molecule has 0 bridgehead atoms. The second-order valence-electron chi connectivity index (χ2n) is 4.27. The molecule has 1 rings (SSSR count). The predicted molar refractivity (Wildman–Crippen MR) is 72.6 cm³/mol. The molecule has 1 aromatic carbocycles. The van der Waals surface area contributed by atoms with Crippen molar-refractivity contribution in [1.29, 1.82) is 0 Å². The first-order chi connectivity index (χ1) is 9.45. The topological polar surface area (TPSA) is 69.4 Å². The minimum Gasteiger partial charge on any atom is -0.463 e. The Balaban J connectivity index is 2.86. The number of benzene rings is 1. The summed E-state index contributed by atoms with van der Waals surface area (Å²) in [7, 11) is 0. The molecule has 0 unspecified atom stereocenters. The van der Waals surface area contributed by atoms with E-state index in [9.17, 15) is 19.3 Å². The van der Waals surface area contributed by atoms with E-state index in [4.69, 9.17) is 4.74 Å². The zero-order valence-electron chi connectivity index (χ0n) is 11.4. The van der Waals surface area contributed by atoms with Gasteiger partial charge in [-0.3, -0.25) is 10.1 Å². The molecule has 0 aliphatic carbocycles. The highest BCUT2D eigenvalue weighted by atomic mass is 19.1. The lowest BCUT2D eigenvalue weighted by molar-refractivity contribution is -0.387. The molecule has 0 atom stereocenters. The summed E-state index contributed by atoms with van der Waals surface area (Å²) in [6, 6.07) is 3.49. The molecule has 1 aromatic rings. The second kappa shape index (κ2) is 7.37. The number of carbonyl (C=O) groups excluding carboxylic acids is 1. The normalized spacial score (nSPS) is 11.2. The molecule has 0 saturated carbocycles. The van der Waals surface area contributed by atoms with Gasteiger partial charge in [-0.25, -0.2) is 4.79 Å². The van der Waals surface area contributed by atoms with Crippen molar-refractivity contribution in [1.82, 2.24) is 0 Å². The van der Waals surface area contributed by atoms with Crippen molar-refractivity contribution < 1.29 is 18.8 Å². The molecular formula is C14H16FNO4. The lowest BCUT2D eigenvalue weighted by Gasteiger charge is -2.04. The molecule has 5 nitrogen and oxygen atoms in total. The van der Waals surface area contributed by atoms with Gasteiger partial charge in [0.1, 0.15) is 0 Å². The number of nitro benzene ring substituents is 1. The predicted octanol–water partition coefficient (Wildman–Crippen LogP) is 3.48. The molecule has 0 heterocycles. The minimum atomic E-state index is -0.905. The van der Waals surface area contributed by atoms with Gasteiger partial charge in [-0.15, -0.1) is 0 Å².